The smallest absolute Gasteiger partial charge is 0.146 e. The summed E-state index contributed by atoms with van der Waals surface area (Å²) in [6.07, 6.45) is 0. The van der Waals surface area contributed by atoms with Gasteiger partial charge in [-0.1, -0.05) is 96.1 Å². The molecule has 7 rings (SSSR count). The summed E-state index contributed by atoms with van der Waals surface area (Å²) in [6.45, 7) is 12.7. The van der Waals surface area contributed by atoms with Gasteiger partial charge in [-0.2, -0.15) is 0 Å². The van der Waals surface area contributed by atoms with Crippen LogP contribution < -0.4 is 10.6 Å². The first-order valence-electron chi connectivity index (χ1n) is 16.7. The van der Waals surface area contributed by atoms with Gasteiger partial charge >= 0.3 is 0 Å². The number of hydrogen-bond donors (Lipinski definition) is 2. The van der Waals surface area contributed by atoms with Crippen molar-refractivity contribution in [3.8, 4) is 0 Å². The van der Waals surface area contributed by atoms with Crippen molar-refractivity contribution in [1.29, 1.82) is 0 Å². The van der Waals surface area contributed by atoms with Gasteiger partial charge in [0.1, 0.15) is 22.8 Å². The van der Waals surface area contributed by atoms with Crippen LogP contribution in [0.3, 0.4) is 0 Å². The topological polar surface area (TPSA) is 61.9 Å². The second-order valence-electron chi connectivity index (χ2n) is 12.9. The van der Waals surface area contributed by atoms with Crippen LogP contribution in [0, 0.1) is 41.5 Å². The lowest BCUT2D eigenvalue weighted by Crippen LogP contribution is -2.14. The van der Waals surface area contributed by atoms with E-state index in [-0.39, 0.29) is 0 Å². The number of para-hydroxylation sites is 4. The predicted octanol–water partition coefficient (Wildman–Crippen LogP) is 11.8. The molecule has 0 radical (unpaired) electrons. The number of rotatable bonds is 6. The number of aliphatic imine (C=N–C) groups is 2. The van der Waals surface area contributed by atoms with Crippen molar-refractivity contribution < 1.29 is 4.42 Å². The molecule has 0 atom stereocenters. The summed E-state index contributed by atoms with van der Waals surface area (Å²) in [7, 11) is 0. The quantitative estimate of drug-likeness (QED) is 0.140. The van der Waals surface area contributed by atoms with Gasteiger partial charge in [0.2, 0.25) is 0 Å². The largest absolute Gasteiger partial charge is 0.455 e. The summed E-state index contributed by atoms with van der Waals surface area (Å²) in [6, 6.07) is 41.6. The number of aryl methyl sites for hydroxylation is 6. The first-order valence-corrected chi connectivity index (χ1v) is 16.7. The van der Waals surface area contributed by atoms with Crippen LogP contribution in [0.15, 0.2) is 136 Å². The molecule has 0 bridgehead atoms. The van der Waals surface area contributed by atoms with Gasteiger partial charge in [0.15, 0.2) is 0 Å². The van der Waals surface area contributed by atoms with Crippen LogP contribution in [0.5, 0.6) is 0 Å². The zero-order valence-electron chi connectivity index (χ0n) is 28.8. The Morgan fingerprint density at radius 3 is 1.18 bits per heavy atom. The van der Waals surface area contributed by atoms with Crippen molar-refractivity contribution in [3.63, 3.8) is 0 Å². The molecule has 5 heteroatoms. The van der Waals surface area contributed by atoms with Crippen LogP contribution in [0.4, 0.5) is 22.7 Å². The maximum atomic E-state index is 6.95. The van der Waals surface area contributed by atoms with E-state index in [0.29, 0.717) is 0 Å². The molecular weight excluding hydrogens is 601 g/mol. The highest BCUT2D eigenvalue weighted by Gasteiger charge is 2.20. The molecule has 0 saturated carbocycles. The zero-order chi connectivity index (χ0) is 34.1. The molecule has 0 aliphatic carbocycles. The predicted molar refractivity (Wildman–Crippen MR) is 208 cm³/mol. The van der Waals surface area contributed by atoms with Gasteiger partial charge in [-0.15, -0.1) is 0 Å². The Labute approximate surface area is 288 Å². The third-order valence-electron chi connectivity index (χ3n) is 8.83. The van der Waals surface area contributed by atoms with Gasteiger partial charge in [0, 0.05) is 22.1 Å². The molecule has 0 unspecified atom stereocenters. The molecule has 0 saturated heterocycles. The first kappa shape index (κ1) is 31.6. The van der Waals surface area contributed by atoms with Crippen LogP contribution in [-0.2, 0) is 0 Å². The maximum absolute atomic E-state index is 6.95. The van der Waals surface area contributed by atoms with Gasteiger partial charge in [-0.05, 0) is 100 Å². The van der Waals surface area contributed by atoms with Crippen molar-refractivity contribution in [2.75, 3.05) is 10.6 Å². The summed E-state index contributed by atoms with van der Waals surface area (Å²) >= 11 is 0. The van der Waals surface area contributed by atoms with E-state index in [4.69, 9.17) is 14.4 Å². The van der Waals surface area contributed by atoms with Crippen molar-refractivity contribution in [3.05, 3.63) is 166 Å². The van der Waals surface area contributed by atoms with Crippen LogP contribution in [0.25, 0.3) is 21.9 Å². The first-order chi connectivity index (χ1) is 23.7. The number of nitrogens with one attached hydrogen (secondary N) is 2. The van der Waals surface area contributed by atoms with E-state index in [9.17, 15) is 0 Å². The van der Waals surface area contributed by atoms with Gasteiger partial charge < -0.3 is 15.1 Å². The van der Waals surface area contributed by atoms with E-state index >= 15 is 0 Å². The van der Waals surface area contributed by atoms with Crippen LogP contribution in [0.1, 0.15) is 44.5 Å². The Kier molecular flexibility index (Phi) is 8.58. The van der Waals surface area contributed by atoms with Gasteiger partial charge in [-0.3, -0.25) is 0 Å². The Bertz CT molecular complexity index is 2170. The third-order valence-corrected chi connectivity index (χ3v) is 8.83. The molecule has 6 aromatic carbocycles. The van der Waals surface area contributed by atoms with Gasteiger partial charge in [-0.25, -0.2) is 9.98 Å². The van der Waals surface area contributed by atoms with E-state index in [1.807, 2.05) is 60.7 Å². The third kappa shape index (κ3) is 6.48. The Morgan fingerprint density at radius 1 is 0.449 bits per heavy atom. The number of amidine groups is 2. The lowest BCUT2D eigenvalue weighted by atomic mass is 10.0. The minimum absolute atomic E-state index is 0.717. The Hall–Kier alpha value is -5.94. The number of nitrogens with zero attached hydrogens (tertiary/aromatic N) is 2. The molecule has 0 fully saturated rings. The number of hydrogen-bond acceptors (Lipinski definition) is 3. The minimum Gasteiger partial charge on any atom is -0.455 e. The molecule has 5 nitrogen and oxygen atoms in total. The highest BCUT2D eigenvalue weighted by molar-refractivity contribution is 6.23. The molecule has 0 aliphatic rings. The fourth-order valence-corrected chi connectivity index (χ4v) is 6.74. The summed E-state index contributed by atoms with van der Waals surface area (Å²) in [5.41, 5.74) is 14.0. The molecule has 1 aromatic heterocycles. The molecular formula is C44H40N4O. The van der Waals surface area contributed by atoms with E-state index in [1.165, 1.54) is 11.1 Å². The molecule has 49 heavy (non-hydrogen) atoms. The number of anilines is 2. The fourth-order valence-electron chi connectivity index (χ4n) is 6.74. The molecule has 1 heterocycles. The van der Waals surface area contributed by atoms with Crippen LogP contribution >= 0.6 is 0 Å². The average molecular weight is 641 g/mol. The van der Waals surface area contributed by atoms with E-state index in [2.05, 4.69) is 113 Å². The molecule has 0 amide bonds. The summed E-state index contributed by atoms with van der Waals surface area (Å²) in [5, 5.41) is 9.27. The number of furan rings is 1. The molecule has 242 valence electrons. The SMILES string of the molecule is Cc1cc(C)c(N=C(Nc2ccccc2)c2cccc3c2oc2c(C(=Nc4c(C)cc(C)cc4C)Nc4ccccc4)cccc23)c(C)c1. The summed E-state index contributed by atoms with van der Waals surface area (Å²) in [4.78, 5) is 10.6. The van der Waals surface area contributed by atoms with Gasteiger partial charge in [0.05, 0.1) is 22.5 Å². The molecule has 2 N–H and O–H groups in total. The van der Waals surface area contributed by atoms with Gasteiger partial charge in [0.25, 0.3) is 0 Å². The zero-order valence-corrected chi connectivity index (χ0v) is 28.8. The normalized spacial score (nSPS) is 12.1. The monoisotopic (exact) mass is 640 g/mol. The molecule has 0 spiro atoms. The number of benzene rings is 6. The van der Waals surface area contributed by atoms with E-state index in [0.717, 1.165) is 89.7 Å². The lowest BCUT2D eigenvalue weighted by molar-refractivity contribution is 0.667. The maximum Gasteiger partial charge on any atom is 0.146 e. The molecule has 0 aliphatic heterocycles. The Morgan fingerprint density at radius 2 is 0.816 bits per heavy atom. The average Bonchev–Trinajstić information content (AvgIpc) is 3.47. The standard InChI is InChI=1S/C44H40N4O/c1-27-23-29(3)39(30(4)24-27)47-43(45-33-15-9-7-10-16-33)37-21-13-19-35-36-20-14-22-38(42(36)49-41(35)37)44(46-34-17-11-8-12-18-34)48-40-31(5)25-28(2)26-32(40)6/h7-26H,1-6H3,(H,45,47)(H,46,48). The van der Waals surface area contributed by atoms with Crippen molar-refractivity contribution in [2.45, 2.75) is 41.5 Å². The highest BCUT2D eigenvalue weighted by atomic mass is 16.3. The van der Waals surface area contributed by atoms with Crippen molar-refractivity contribution in [2.24, 2.45) is 9.98 Å². The van der Waals surface area contributed by atoms with Crippen molar-refractivity contribution in [1.82, 2.24) is 0 Å². The summed E-state index contributed by atoms with van der Waals surface area (Å²) in [5.74, 6) is 1.43. The van der Waals surface area contributed by atoms with Crippen LogP contribution in [-0.4, -0.2) is 11.7 Å². The highest BCUT2D eigenvalue weighted by Crippen LogP contribution is 2.36. The minimum atomic E-state index is 0.717. The fraction of sp³-hybridized carbons (Fsp3) is 0.136. The second-order valence-corrected chi connectivity index (χ2v) is 12.9. The molecule has 7 aromatic rings. The second kappa shape index (κ2) is 13.3. The number of fused-ring (bicyclic) bond motifs is 3. The summed E-state index contributed by atoms with van der Waals surface area (Å²) < 4.78 is 6.95. The van der Waals surface area contributed by atoms with Crippen molar-refractivity contribution >= 4 is 56.4 Å². The Balaban J connectivity index is 1.45. The lowest BCUT2D eigenvalue weighted by Gasteiger charge is -2.14. The van der Waals surface area contributed by atoms with E-state index < -0.39 is 0 Å². The van der Waals surface area contributed by atoms with E-state index in [1.54, 1.807) is 0 Å². The van der Waals surface area contributed by atoms with Crippen LogP contribution in [0.2, 0.25) is 0 Å².